The zero-order valence-corrected chi connectivity index (χ0v) is 18.2. The number of nitrogens with zero attached hydrogens (tertiary/aromatic N) is 7. The molecule has 0 radical (unpaired) electrons. The number of sulfonamides is 1. The van der Waals surface area contributed by atoms with Crippen LogP contribution >= 0.6 is 0 Å². The first-order chi connectivity index (χ1) is 15.6. The lowest BCUT2D eigenvalue weighted by Gasteiger charge is -2.34. The van der Waals surface area contributed by atoms with Crippen molar-refractivity contribution in [1.29, 1.82) is 0 Å². The Morgan fingerprint density at radius 1 is 0.906 bits per heavy atom. The molecule has 11 heteroatoms. The van der Waals surface area contributed by atoms with Gasteiger partial charge in [0.2, 0.25) is 10.0 Å². The summed E-state index contributed by atoms with van der Waals surface area (Å²) in [5.41, 5.74) is 1.96. The third kappa shape index (κ3) is 3.55. The maximum atomic E-state index is 12.9. The summed E-state index contributed by atoms with van der Waals surface area (Å²) in [6, 6.07) is 15.9. The Bertz CT molecular complexity index is 1330. The van der Waals surface area contributed by atoms with Crippen molar-refractivity contribution in [3.05, 3.63) is 60.9 Å². The highest BCUT2D eigenvalue weighted by Gasteiger charge is 2.30. The van der Waals surface area contributed by atoms with E-state index >= 15 is 0 Å². The molecule has 164 valence electrons. The van der Waals surface area contributed by atoms with E-state index in [0.29, 0.717) is 48.1 Å². The number of benzene rings is 2. The van der Waals surface area contributed by atoms with Crippen LogP contribution in [0.2, 0.25) is 0 Å². The van der Waals surface area contributed by atoms with Gasteiger partial charge >= 0.3 is 0 Å². The Morgan fingerprint density at radius 2 is 1.62 bits per heavy atom. The quantitative estimate of drug-likeness (QED) is 0.452. The Kier molecular flexibility index (Phi) is 5.19. The molecule has 0 N–H and O–H groups in total. The van der Waals surface area contributed by atoms with Crippen molar-refractivity contribution in [2.24, 2.45) is 0 Å². The van der Waals surface area contributed by atoms with Crippen LogP contribution in [0, 0.1) is 0 Å². The number of hydrogen-bond donors (Lipinski definition) is 0. The lowest BCUT2D eigenvalue weighted by molar-refractivity contribution is 0.384. The average Bonchev–Trinajstić information content (AvgIpc) is 3.29. The summed E-state index contributed by atoms with van der Waals surface area (Å²) in [5.74, 6) is 1.39. The van der Waals surface area contributed by atoms with Gasteiger partial charge in [-0.2, -0.15) is 8.99 Å². The minimum Gasteiger partial charge on any atom is -0.497 e. The first kappa shape index (κ1) is 20.3. The van der Waals surface area contributed by atoms with Gasteiger partial charge in [-0.25, -0.2) is 18.4 Å². The summed E-state index contributed by atoms with van der Waals surface area (Å²) in [7, 11) is -1.90. The maximum absolute atomic E-state index is 12.9. The van der Waals surface area contributed by atoms with E-state index in [1.54, 1.807) is 42.1 Å². The van der Waals surface area contributed by atoms with Crippen LogP contribution in [0.3, 0.4) is 0 Å². The van der Waals surface area contributed by atoms with Gasteiger partial charge in [0.25, 0.3) is 0 Å². The molecule has 5 rings (SSSR count). The van der Waals surface area contributed by atoms with Gasteiger partial charge in [-0.15, -0.1) is 5.10 Å². The Hall–Kier alpha value is -3.57. The zero-order chi connectivity index (χ0) is 22.1. The number of anilines is 1. The molecule has 10 nitrogen and oxygen atoms in total. The second kappa shape index (κ2) is 8.17. The molecule has 0 aliphatic carbocycles. The van der Waals surface area contributed by atoms with Crippen LogP contribution in [0.25, 0.3) is 16.9 Å². The van der Waals surface area contributed by atoms with E-state index in [1.165, 1.54) is 10.6 Å². The van der Waals surface area contributed by atoms with Crippen molar-refractivity contribution in [2.75, 3.05) is 38.2 Å². The van der Waals surface area contributed by atoms with E-state index in [-0.39, 0.29) is 0 Å². The van der Waals surface area contributed by atoms with Crippen LogP contribution < -0.4 is 9.64 Å². The monoisotopic (exact) mass is 451 g/mol. The van der Waals surface area contributed by atoms with Crippen LogP contribution in [-0.4, -0.2) is 71.0 Å². The van der Waals surface area contributed by atoms with Crippen LogP contribution in [0.5, 0.6) is 5.75 Å². The van der Waals surface area contributed by atoms with Gasteiger partial charge in [-0.1, -0.05) is 23.4 Å². The van der Waals surface area contributed by atoms with Gasteiger partial charge in [0, 0.05) is 26.2 Å². The fraction of sp³-hybridized carbons (Fsp3) is 0.238. The predicted molar refractivity (Wildman–Crippen MR) is 118 cm³/mol. The lowest BCUT2D eigenvalue weighted by Crippen LogP contribution is -2.49. The van der Waals surface area contributed by atoms with Crippen molar-refractivity contribution in [2.45, 2.75) is 4.90 Å². The molecule has 0 saturated carbocycles. The number of hydrogen-bond acceptors (Lipinski definition) is 8. The SMILES string of the molecule is COc1ccc(-n2nnc3c(N4CCN(S(=O)(=O)c5ccccc5)CC4)ncnc32)cc1. The van der Waals surface area contributed by atoms with E-state index in [2.05, 4.69) is 20.3 Å². The minimum absolute atomic E-state index is 0.306. The summed E-state index contributed by atoms with van der Waals surface area (Å²) in [6.07, 6.45) is 1.48. The smallest absolute Gasteiger partial charge is 0.243 e. The molecule has 1 fully saturated rings. The Morgan fingerprint density at radius 3 is 2.31 bits per heavy atom. The molecule has 0 unspecified atom stereocenters. The highest BCUT2D eigenvalue weighted by atomic mass is 32.2. The Labute approximate surface area is 185 Å². The molecular weight excluding hydrogens is 430 g/mol. The number of methoxy groups -OCH3 is 1. The van der Waals surface area contributed by atoms with Gasteiger partial charge in [0.15, 0.2) is 17.0 Å². The fourth-order valence-corrected chi connectivity index (χ4v) is 5.19. The Balaban J connectivity index is 1.39. The topological polar surface area (TPSA) is 106 Å². The summed E-state index contributed by atoms with van der Waals surface area (Å²) < 4.78 is 34.2. The molecule has 1 aliphatic heterocycles. The molecule has 0 amide bonds. The highest BCUT2D eigenvalue weighted by molar-refractivity contribution is 7.89. The molecule has 1 saturated heterocycles. The number of aromatic nitrogens is 5. The average molecular weight is 452 g/mol. The highest BCUT2D eigenvalue weighted by Crippen LogP contribution is 2.25. The maximum Gasteiger partial charge on any atom is 0.243 e. The summed E-state index contributed by atoms with van der Waals surface area (Å²) in [5, 5.41) is 8.57. The van der Waals surface area contributed by atoms with Crippen molar-refractivity contribution in [1.82, 2.24) is 29.3 Å². The molecule has 0 spiro atoms. The normalized spacial score (nSPS) is 15.2. The van der Waals surface area contributed by atoms with Gasteiger partial charge in [0.1, 0.15) is 12.1 Å². The molecule has 2 aromatic heterocycles. The van der Waals surface area contributed by atoms with E-state index in [9.17, 15) is 8.42 Å². The van der Waals surface area contributed by atoms with Crippen molar-refractivity contribution < 1.29 is 13.2 Å². The second-order valence-corrected chi connectivity index (χ2v) is 9.21. The van der Waals surface area contributed by atoms with Crippen LogP contribution in [0.1, 0.15) is 0 Å². The standard InChI is InChI=1S/C21H21N7O3S/c1-31-17-9-7-16(8-10-17)28-21-19(24-25-28)20(22-15-23-21)26-11-13-27(14-12-26)32(29,30)18-5-3-2-4-6-18/h2-10,15H,11-14H2,1H3. The van der Waals surface area contributed by atoms with E-state index in [0.717, 1.165) is 11.4 Å². The van der Waals surface area contributed by atoms with Crippen molar-refractivity contribution >= 4 is 27.0 Å². The van der Waals surface area contributed by atoms with Crippen molar-refractivity contribution in [3.8, 4) is 11.4 Å². The van der Waals surface area contributed by atoms with Crippen LogP contribution in [0.4, 0.5) is 5.82 Å². The zero-order valence-electron chi connectivity index (χ0n) is 17.4. The number of piperazine rings is 1. The molecule has 1 aliphatic rings. The largest absolute Gasteiger partial charge is 0.497 e. The minimum atomic E-state index is -3.52. The van der Waals surface area contributed by atoms with Gasteiger partial charge in [-0.05, 0) is 36.4 Å². The number of rotatable bonds is 5. The van der Waals surface area contributed by atoms with E-state index in [1.807, 2.05) is 29.2 Å². The molecule has 0 bridgehead atoms. The van der Waals surface area contributed by atoms with E-state index < -0.39 is 10.0 Å². The summed E-state index contributed by atoms with van der Waals surface area (Å²) in [4.78, 5) is 11.1. The number of ether oxygens (including phenoxy) is 1. The molecule has 3 heterocycles. The third-order valence-electron chi connectivity index (χ3n) is 5.45. The van der Waals surface area contributed by atoms with Crippen molar-refractivity contribution in [3.63, 3.8) is 0 Å². The first-order valence-electron chi connectivity index (χ1n) is 10.1. The summed E-state index contributed by atoms with van der Waals surface area (Å²) >= 11 is 0. The third-order valence-corrected chi connectivity index (χ3v) is 7.37. The fourth-order valence-electron chi connectivity index (χ4n) is 3.75. The second-order valence-electron chi connectivity index (χ2n) is 7.27. The lowest BCUT2D eigenvalue weighted by atomic mass is 10.3. The molecule has 0 atom stereocenters. The van der Waals surface area contributed by atoms with E-state index in [4.69, 9.17) is 4.74 Å². The molecule has 4 aromatic rings. The molecule has 2 aromatic carbocycles. The molecule has 32 heavy (non-hydrogen) atoms. The van der Waals surface area contributed by atoms with Crippen LogP contribution in [-0.2, 0) is 10.0 Å². The van der Waals surface area contributed by atoms with Gasteiger partial charge in [-0.3, -0.25) is 0 Å². The summed E-state index contributed by atoms with van der Waals surface area (Å²) in [6.45, 7) is 1.70. The number of fused-ring (bicyclic) bond motifs is 1. The van der Waals surface area contributed by atoms with Gasteiger partial charge < -0.3 is 9.64 Å². The first-order valence-corrected chi connectivity index (χ1v) is 11.5. The van der Waals surface area contributed by atoms with Crippen LogP contribution in [0.15, 0.2) is 65.8 Å². The van der Waals surface area contributed by atoms with Gasteiger partial charge in [0.05, 0.1) is 17.7 Å². The molecular formula is C21H21N7O3S. The predicted octanol–water partition coefficient (Wildman–Crippen LogP) is 1.73.